The van der Waals surface area contributed by atoms with E-state index in [4.69, 9.17) is 5.73 Å². The lowest BCUT2D eigenvalue weighted by molar-refractivity contribution is 0.0946. The second-order valence-electron chi connectivity index (χ2n) is 4.53. The molecule has 100 valence electrons. The van der Waals surface area contributed by atoms with Crippen molar-refractivity contribution in [1.29, 1.82) is 0 Å². The molecular formula is C14H17N3OS. The van der Waals surface area contributed by atoms with Crippen LogP contribution in [-0.4, -0.2) is 10.9 Å². The normalized spacial score (nSPS) is 12.2. The number of benzene rings is 1. The Morgan fingerprint density at radius 2 is 2.32 bits per heavy atom. The largest absolute Gasteiger partial charge is 0.347 e. The molecule has 0 aliphatic carbocycles. The Kier molecular flexibility index (Phi) is 4.29. The number of nitrogens with one attached hydrogen (secondary N) is 1. The van der Waals surface area contributed by atoms with Crippen LogP contribution in [0.5, 0.6) is 0 Å². The third kappa shape index (κ3) is 3.62. The summed E-state index contributed by atoms with van der Waals surface area (Å²) in [7, 11) is 0. The molecule has 0 aliphatic heterocycles. The molecule has 0 fully saturated rings. The van der Waals surface area contributed by atoms with Crippen molar-refractivity contribution in [2.45, 2.75) is 26.4 Å². The van der Waals surface area contributed by atoms with Gasteiger partial charge in [-0.2, -0.15) is 0 Å². The van der Waals surface area contributed by atoms with Gasteiger partial charge in [0.1, 0.15) is 10.7 Å². The lowest BCUT2D eigenvalue weighted by Gasteiger charge is -2.04. The van der Waals surface area contributed by atoms with E-state index in [1.54, 1.807) is 5.38 Å². The Labute approximate surface area is 116 Å². The van der Waals surface area contributed by atoms with E-state index in [9.17, 15) is 4.79 Å². The first kappa shape index (κ1) is 13.7. The molecule has 2 rings (SSSR count). The van der Waals surface area contributed by atoms with Gasteiger partial charge in [0.2, 0.25) is 0 Å². The lowest BCUT2D eigenvalue weighted by Crippen LogP contribution is -2.23. The van der Waals surface area contributed by atoms with Crippen LogP contribution in [0, 0.1) is 6.92 Å². The predicted octanol–water partition coefficient (Wildman–Crippen LogP) is 2.40. The van der Waals surface area contributed by atoms with E-state index in [-0.39, 0.29) is 11.9 Å². The molecule has 0 saturated carbocycles. The number of nitrogens with two attached hydrogens (primary N) is 1. The van der Waals surface area contributed by atoms with E-state index in [0.29, 0.717) is 12.2 Å². The fourth-order valence-electron chi connectivity index (χ4n) is 1.70. The second-order valence-corrected chi connectivity index (χ2v) is 5.42. The molecule has 3 N–H and O–H groups in total. The zero-order valence-corrected chi connectivity index (χ0v) is 11.8. The van der Waals surface area contributed by atoms with Crippen molar-refractivity contribution in [3.63, 3.8) is 0 Å². The molecule has 19 heavy (non-hydrogen) atoms. The Balaban J connectivity index is 1.97. The topological polar surface area (TPSA) is 68.0 Å². The second kappa shape index (κ2) is 5.95. The van der Waals surface area contributed by atoms with Gasteiger partial charge in [-0.1, -0.05) is 29.8 Å². The first-order chi connectivity index (χ1) is 9.06. The van der Waals surface area contributed by atoms with E-state index in [1.165, 1.54) is 16.9 Å². The molecule has 0 bridgehead atoms. The maximum Gasteiger partial charge on any atom is 0.271 e. The first-order valence-corrected chi connectivity index (χ1v) is 6.99. The molecule has 0 spiro atoms. The Morgan fingerprint density at radius 1 is 1.53 bits per heavy atom. The van der Waals surface area contributed by atoms with Crippen LogP contribution >= 0.6 is 11.3 Å². The van der Waals surface area contributed by atoms with Crippen LogP contribution in [0.15, 0.2) is 29.6 Å². The Morgan fingerprint density at radius 3 is 2.95 bits per heavy atom. The molecule has 0 radical (unpaired) electrons. The minimum atomic E-state index is -0.162. The lowest BCUT2D eigenvalue weighted by atomic mass is 10.1. The molecular weight excluding hydrogens is 258 g/mol. The molecule has 2 aromatic rings. The van der Waals surface area contributed by atoms with Gasteiger partial charge in [-0.15, -0.1) is 11.3 Å². The fourth-order valence-corrected chi connectivity index (χ4v) is 2.45. The minimum absolute atomic E-state index is 0.136. The van der Waals surface area contributed by atoms with Gasteiger partial charge in [-0.05, 0) is 19.4 Å². The summed E-state index contributed by atoms with van der Waals surface area (Å²) in [5, 5.41) is 5.38. The molecule has 1 aromatic carbocycles. The average molecular weight is 275 g/mol. The third-order valence-electron chi connectivity index (χ3n) is 2.68. The van der Waals surface area contributed by atoms with Gasteiger partial charge in [0.25, 0.3) is 5.91 Å². The highest BCUT2D eigenvalue weighted by Crippen LogP contribution is 2.15. The van der Waals surface area contributed by atoms with E-state index in [2.05, 4.69) is 16.4 Å². The Hall–Kier alpha value is -1.72. The average Bonchev–Trinajstić information content (AvgIpc) is 2.86. The number of amides is 1. The van der Waals surface area contributed by atoms with Crippen molar-refractivity contribution in [2.75, 3.05) is 0 Å². The number of thiazole rings is 1. The summed E-state index contributed by atoms with van der Waals surface area (Å²) < 4.78 is 0. The van der Waals surface area contributed by atoms with Crippen LogP contribution < -0.4 is 11.1 Å². The van der Waals surface area contributed by atoms with Crippen LogP contribution in [0.25, 0.3) is 0 Å². The zero-order chi connectivity index (χ0) is 13.8. The number of aromatic nitrogens is 1. The van der Waals surface area contributed by atoms with Gasteiger partial charge in [0.15, 0.2) is 0 Å². The minimum Gasteiger partial charge on any atom is -0.347 e. The molecule has 1 amide bonds. The predicted molar refractivity (Wildman–Crippen MR) is 77.1 cm³/mol. The highest BCUT2D eigenvalue weighted by molar-refractivity contribution is 7.09. The molecule has 0 aliphatic rings. The van der Waals surface area contributed by atoms with E-state index in [1.807, 2.05) is 32.0 Å². The monoisotopic (exact) mass is 275 g/mol. The van der Waals surface area contributed by atoms with Crippen LogP contribution in [0.2, 0.25) is 0 Å². The number of carbonyl (C=O) groups excluding carboxylic acids is 1. The van der Waals surface area contributed by atoms with Crippen LogP contribution in [0.3, 0.4) is 0 Å². The number of rotatable bonds is 4. The zero-order valence-electron chi connectivity index (χ0n) is 11.0. The number of nitrogens with zero attached hydrogens (tertiary/aromatic N) is 1. The van der Waals surface area contributed by atoms with Gasteiger partial charge in [-0.3, -0.25) is 4.79 Å². The quantitative estimate of drug-likeness (QED) is 0.900. The fraction of sp³-hybridized carbons (Fsp3) is 0.286. The van der Waals surface area contributed by atoms with Crippen molar-refractivity contribution in [1.82, 2.24) is 10.3 Å². The highest BCUT2D eigenvalue weighted by atomic mass is 32.1. The van der Waals surface area contributed by atoms with Crippen molar-refractivity contribution >= 4 is 17.2 Å². The number of hydrogen-bond acceptors (Lipinski definition) is 4. The summed E-state index contributed by atoms with van der Waals surface area (Å²) in [4.78, 5) is 16.2. The van der Waals surface area contributed by atoms with Crippen molar-refractivity contribution in [3.05, 3.63) is 51.5 Å². The standard InChI is InChI=1S/C14H17N3OS/c1-9-4-3-5-11(6-9)7-16-13(18)12-8-19-14(17-12)10(2)15/h3-6,8,10H,7,15H2,1-2H3,(H,16,18). The number of carbonyl (C=O) groups is 1. The molecule has 1 aromatic heterocycles. The van der Waals surface area contributed by atoms with E-state index < -0.39 is 0 Å². The highest BCUT2D eigenvalue weighted by Gasteiger charge is 2.12. The summed E-state index contributed by atoms with van der Waals surface area (Å²) in [5.41, 5.74) is 8.42. The molecule has 0 saturated heterocycles. The maximum atomic E-state index is 11.9. The van der Waals surface area contributed by atoms with Crippen molar-refractivity contribution in [3.8, 4) is 0 Å². The first-order valence-electron chi connectivity index (χ1n) is 6.11. The molecule has 4 nitrogen and oxygen atoms in total. The SMILES string of the molecule is Cc1cccc(CNC(=O)c2csc(C(C)N)n2)c1. The van der Waals surface area contributed by atoms with Gasteiger partial charge in [0, 0.05) is 11.9 Å². The van der Waals surface area contributed by atoms with Gasteiger partial charge < -0.3 is 11.1 Å². The van der Waals surface area contributed by atoms with Crippen molar-refractivity contribution < 1.29 is 4.79 Å². The summed E-state index contributed by atoms with van der Waals surface area (Å²) in [6, 6.07) is 7.91. The van der Waals surface area contributed by atoms with Crippen LogP contribution in [0.4, 0.5) is 0 Å². The van der Waals surface area contributed by atoms with E-state index >= 15 is 0 Å². The summed E-state index contributed by atoms with van der Waals surface area (Å²) in [6.07, 6.45) is 0. The van der Waals surface area contributed by atoms with Gasteiger partial charge in [-0.25, -0.2) is 4.98 Å². The number of aryl methyl sites for hydroxylation is 1. The Bertz CT molecular complexity index is 578. The van der Waals surface area contributed by atoms with Crippen LogP contribution in [-0.2, 0) is 6.54 Å². The summed E-state index contributed by atoms with van der Waals surface area (Å²) in [6.45, 7) is 4.39. The number of hydrogen-bond donors (Lipinski definition) is 2. The molecule has 1 unspecified atom stereocenters. The van der Waals surface area contributed by atoms with E-state index in [0.717, 1.165) is 10.6 Å². The van der Waals surface area contributed by atoms with Gasteiger partial charge >= 0.3 is 0 Å². The van der Waals surface area contributed by atoms with Crippen molar-refractivity contribution in [2.24, 2.45) is 5.73 Å². The summed E-state index contributed by atoms with van der Waals surface area (Å²) in [5.74, 6) is -0.162. The van der Waals surface area contributed by atoms with Crippen LogP contribution in [0.1, 0.15) is 39.6 Å². The molecule has 1 heterocycles. The summed E-state index contributed by atoms with van der Waals surface area (Å²) >= 11 is 1.41. The molecule has 1 atom stereocenters. The molecule has 5 heteroatoms. The third-order valence-corrected chi connectivity index (χ3v) is 3.73. The smallest absolute Gasteiger partial charge is 0.271 e. The maximum absolute atomic E-state index is 11.9. The van der Waals surface area contributed by atoms with Gasteiger partial charge in [0.05, 0.1) is 6.04 Å².